The second-order valence-corrected chi connectivity index (χ2v) is 6.31. The number of aromatic amines is 1. The Kier molecular flexibility index (Phi) is 5.70. The number of hydrazine groups is 1. The van der Waals surface area contributed by atoms with E-state index in [4.69, 9.17) is 4.74 Å². The van der Waals surface area contributed by atoms with E-state index >= 15 is 0 Å². The molecule has 0 aliphatic heterocycles. The van der Waals surface area contributed by atoms with E-state index in [9.17, 15) is 9.59 Å². The number of H-pyrrole nitrogens is 1. The zero-order chi connectivity index (χ0) is 18.4. The average Bonchev–Trinajstić information content (AvgIpc) is 3.21. The molecule has 2 aromatic carbocycles. The molecule has 132 valence electrons. The molecule has 0 saturated heterocycles. The highest BCUT2D eigenvalue weighted by Crippen LogP contribution is 2.23. The second-order valence-electron chi connectivity index (χ2n) is 5.39. The number of rotatable bonds is 5. The van der Waals surface area contributed by atoms with Gasteiger partial charge in [-0.05, 0) is 36.4 Å². The first-order valence-electron chi connectivity index (χ1n) is 7.84. The lowest BCUT2D eigenvalue weighted by molar-refractivity contribution is -0.129. The summed E-state index contributed by atoms with van der Waals surface area (Å²) in [6.45, 7) is 0. The van der Waals surface area contributed by atoms with Gasteiger partial charge in [-0.15, -0.1) is 0 Å². The summed E-state index contributed by atoms with van der Waals surface area (Å²) in [5.74, 6) is -0.397. The Labute approximate surface area is 158 Å². The molecule has 3 aromatic rings. The molecule has 26 heavy (non-hydrogen) atoms. The van der Waals surface area contributed by atoms with Crippen LogP contribution in [0, 0.1) is 0 Å². The van der Waals surface area contributed by atoms with Gasteiger partial charge in [-0.25, -0.2) is 0 Å². The van der Waals surface area contributed by atoms with E-state index in [-0.39, 0.29) is 0 Å². The molecule has 1 heterocycles. The molecule has 0 radical (unpaired) electrons. The van der Waals surface area contributed by atoms with E-state index in [1.54, 1.807) is 42.6 Å². The molecule has 0 aliphatic rings. The minimum Gasteiger partial charge on any atom is -0.476 e. The van der Waals surface area contributed by atoms with Gasteiger partial charge in [0.15, 0.2) is 0 Å². The first-order valence-corrected chi connectivity index (χ1v) is 8.63. The summed E-state index contributed by atoms with van der Waals surface area (Å²) in [5.41, 5.74) is 5.79. The molecule has 3 rings (SSSR count). The Morgan fingerprint density at radius 3 is 2.31 bits per heavy atom. The van der Waals surface area contributed by atoms with Crippen LogP contribution in [-0.4, -0.2) is 16.8 Å². The lowest BCUT2D eigenvalue weighted by Gasteiger charge is -2.19. The third kappa shape index (κ3) is 4.52. The molecular weight excluding hydrogens is 398 g/mol. The summed E-state index contributed by atoms with van der Waals surface area (Å²) >= 11 is 3.36. The summed E-state index contributed by atoms with van der Waals surface area (Å²) in [5, 5.41) is 0. The van der Waals surface area contributed by atoms with Gasteiger partial charge in [0.2, 0.25) is 6.10 Å². The summed E-state index contributed by atoms with van der Waals surface area (Å²) < 4.78 is 6.75. The van der Waals surface area contributed by atoms with Crippen molar-refractivity contribution in [2.75, 3.05) is 0 Å². The molecule has 0 saturated carbocycles. The van der Waals surface area contributed by atoms with Crippen molar-refractivity contribution in [1.82, 2.24) is 15.8 Å². The zero-order valence-electron chi connectivity index (χ0n) is 13.6. The van der Waals surface area contributed by atoms with Crippen LogP contribution in [0.2, 0.25) is 0 Å². The largest absolute Gasteiger partial charge is 0.476 e. The number of carbonyl (C=O) groups is 2. The predicted molar refractivity (Wildman–Crippen MR) is 100 cm³/mol. The fourth-order valence-electron chi connectivity index (χ4n) is 2.27. The van der Waals surface area contributed by atoms with Crippen LogP contribution >= 0.6 is 15.9 Å². The van der Waals surface area contributed by atoms with E-state index in [2.05, 4.69) is 31.8 Å². The van der Waals surface area contributed by atoms with E-state index in [1.807, 2.05) is 30.3 Å². The molecule has 6 nitrogen and oxygen atoms in total. The molecule has 1 aromatic heterocycles. The number of hydrogen-bond acceptors (Lipinski definition) is 3. The number of carbonyl (C=O) groups excluding carboxylic acids is 2. The van der Waals surface area contributed by atoms with Crippen molar-refractivity contribution in [1.29, 1.82) is 0 Å². The van der Waals surface area contributed by atoms with E-state index in [0.29, 0.717) is 17.0 Å². The first-order chi connectivity index (χ1) is 12.6. The number of ether oxygens (including phenoxy) is 1. The standard InChI is InChI=1S/C19H16BrN3O3/c20-14-8-10-15(11-9-14)26-17(13-5-2-1-3-6-13)19(25)23-22-18(24)16-7-4-12-21-16/h1-12,17,21H,(H,22,24)(H,23,25). The molecule has 0 spiro atoms. The first kappa shape index (κ1) is 17.8. The zero-order valence-corrected chi connectivity index (χ0v) is 15.2. The number of benzene rings is 2. The van der Waals surface area contributed by atoms with Crippen LogP contribution in [0.4, 0.5) is 0 Å². The van der Waals surface area contributed by atoms with E-state index in [0.717, 1.165) is 4.47 Å². The lowest BCUT2D eigenvalue weighted by atomic mass is 10.1. The van der Waals surface area contributed by atoms with Crippen molar-refractivity contribution in [3.05, 3.63) is 88.7 Å². The maximum absolute atomic E-state index is 12.6. The molecule has 0 fully saturated rings. The van der Waals surface area contributed by atoms with Gasteiger partial charge in [-0.1, -0.05) is 46.3 Å². The van der Waals surface area contributed by atoms with Crippen molar-refractivity contribution in [2.24, 2.45) is 0 Å². The Bertz CT molecular complexity index is 865. The van der Waals surface area contributed by atoms with Crippen LogP contribution in [0.15, 0.2) is 77.4 Å². The summed E-state index contributed by atoms with van der Waals surface area (Å²) in [7, 11) is 0. The van der Waals surface area contributed by atoms with Crippen LogP contribution < -0.4 is 15.6 Å². The maximum atomic E-state index is 12.6. The smallest absolute Gasteiger partial charge is 0.286 e. The van der Waals surface area contributed by atoms with Gasteiger partial charge in [0.1, 0.15) is 11.4 Å². The van der Waals surface area contributed by atoms with Crippen LogP contribution in [0.5, 0.6) is 5.75 Å². The SMILES string of the molecule is O=C(NNC(=O)C(Oc1ccc(Br)cc1)c1ccccc1)c1ccc[nH]1. The monoisotopic (exact) mass is 413 g/mol. The molecule has 7 heteroatoms. The highest BCUT2D eigenvalue weighted by atomic mass is 79.9. The van der Waals surface area contributed by atoms with Crippen LogP contribution in [0.3, 0.4) is 0 Å². The molecule has 0 bridgehead atoms. The Morgan fingerprint density at radius 1 is 0.923 bits per heavy atom. The number of aromatic nitrogens is 1. The summed E-state index contributed by atoms with van der Waals surface area (Å²) in [4.78, 5) is 27.3. The lowest BCUT2D eigenvalue weighted by Crippen LogP contribution is -2.45. The molecule has 1 unspecified atom stereocenters. The van der Waals surface area contributed by atoms with Gasteiger partial charge >= 0.3 is 0 Å². The average molecular weight is 414 g/mol. The highest BCUT2D eigenvalue weighted by molar-refractivity contribution is 9.10. The quantitative estimate of drug-likeness (QED) is 0.560. The van der Waals surface area contributed by atoms with Crippen molar-refractivity contribution in [2.45, 2.75) is 6.10 Å². The van der Waals surface area contributed by atoms with E-state index in [1.165, 1.54) is 0 Å². The Hall–Kier alpha value is -3.06. The topological polar surface area (TPSA) is 83.2 Å². The number of amides is 2. The highest BCUT2D eigenvalue weighted by Gasteiger charge is 2.23. The van der Waals surface area contributed by atoms with Crippen molar-refractivity contribution < 1.29 is 14.3 Å². The van der Waals surface area contributed by atoms with Gasteiger partial charge in [-0.2, -0.15) is 0 Å². The number of halogens is 1. The van der Waals surface area contributed by atoms with Gasteiger partial charge in [0.05, 0.1) is 0 Å². The Balaban J connectivity index is 1.73. The van der Waals surface area contributed by atoms with Crippen molar-refractivity contribution >= 4 is 27.7 Å². The van der Waals surface area contributed by atoms with E-state index < -0.39 is 17.9 Å². The normalized spacial score (nSPS) is 11.4. The molecule has 2 amide bonds. The second kappa shape index (κ2) is 8.35. The fourth-order valence-corrected chi connectivity index (χ4v) is 2.54. The van der Waals surface area contributed by atoms with Crippen molar-refractivity contribution in [3.8, 4) is 5.75 Å². The summed E-state index contributed by atoms with van der Waals surface area (Å²) in [6.07, 6.45) is 0.710. The maximum Gasteiger partial charge on any atom is 0.286 e. The molecule has 0 aliphatic carbocycles. The summed E-state index contributed by atoms with van der Waals surface area (Å²) in [6, 6.07) is 19.5. The van der Waals surface area contributed by atoms with Crippen LogP contribution in [-0.2, 0) is 4.79 Å². The van der Waals surface area contributed by atoms with Gasteiger partial charge in [-0.3, -0.25) is 20.4 Å². The minimum atomic E-state index is -0.915. The van der Waals surface area contributed by atoms with Gasteiger partial charge < -0.3 is 9.72 Å². The van der Waals surface area contributed by atoms with Crippen molar-refractivity contribution in [3.63, 3.8) is 0 Å². The predicted octanol–water partition coefficient (Wildman–Crippen LogP) is 3.36. The Morgan fingerprint density at radius 2 is 1.65 bits per heavy atom. The third-order valence-corrected chi connectivity index (χ3v) is 4.08. The third-order valence-electron chi connectivity index (χ3n) is 3.55. The fraction of sp³-hybridized carbons (Fsp3) is 0.0526. The molecular formula is C19H16BrN3O3. The minimum absolute atomic E-state index is 0.343. The number of hydrogen-bond donors (Lipinski definition) is 3. The van der Waals surface area contributed by atoms with Crippen LogP contribution in [0.1, 0.15) is 22.2 Å². The van der Waals surface area contributed by atoms with Gasteiger partial charge in [0, 0.05) is 16.2 Å². The molecule has 1 atom stereocenters. The molecule has 3 N–H and O–H groups in total. The van der Waals surface area contributed by atoms with Crippen LogP contribution in [0.25, 0.3) is 0 Å². The number of nitrogens with one attached hydrogen (secondary N) is 3. The van der Waals surface area contributed by atoms with Gasteiger partial charge in [0.25, 0.3) is 11.8 Å².